The number of aromatic amines is 2. The van der Waals surface area contributed by atoms with E-state index in [2.05, 4.69) is 56.8 Å². The molecule has 0 amide bonds. The highest BCUT2D eigenvalue weighted by atomic mass is 16.5. The Hall–Kier alpha value is -3.94. The van der Waals surface area contributed by atoms with Crippen LogP contribution in [-0.2, 0) is 0 Å². The third-order valence-corrected chi connectivity index (χ3v) is 6.70. The maximum absolute atomic E-state index is 13.4. The Morgan fingerprint density at radius 1 is 0.946 bits per heavy atom. The number of hydrogen-bond acceptors (Lipinski definition) is 6. The molecule has 37 heavy (non-hydrogen) atoms. The number of pyridine rings is 1. The van der Waals surface area contributed by atoms with Crippen LogP contribution in [0, 0.1) is 0 Å². The van der Waals surface area contributed by atoms with Crippen LogP contribution < -0.4 is 15.0 Å². The lowest BCUT2D eigenvalue weighted by molar-refractivity contribution is 0.299. The molecule has 0 unspecified atom stereocenters. The van der Waals surface area contributed by atoms with Crippen LogP contribution in [0.4, 0.5) is 0 Å². The normalized spacial score (nSPS) is 13.0. The molecule has 4 aromatic rings. The first-order valence-corrected chi connectivity index (χ1v) is 13.2. The minimum absolute atomic E-state index is 0.281. The number of tetrazole rings is 1. The van der Waals surface area contributed by atoms with Crippen LogP contribution in [0.3, 0.4) is 0 Å². The maximum Gasteiger partial charge on any atom is 0.260 e. The highest BCUT2D eigenvalue weighted by Crippen LogP contribution is 2.41. The molecule has 0 saturated heterocycles. The van der Waals surface area contributed by atoms with Gasteiger partial charge in [-0.15, -0.1) is 5.10 Å². The fourth-order valence-corrected chi connectivity index (χ4v) is 4.59. The molecule has 1 saturated carbocycles. The van der Waals surface area contributed by atoms with Crippen molar-refractivity contribution in [1.29, 1.82) is 0 Å². The first-order valence-electron chi connectivity index (χ1n) is 13.2. The Balaban J connectivity index is 1.52. The summed E-state index contributed by atoms with van der Waals surface area (Å²) in [7, 11) is 0. The summed E-state index contributed by atoms with van der Waals surface area (Å²) >= 11 is 0. The van der Waals surface area contributed by atoms with Crippen molar-refractivity contribution in [3.63, 3.8) is 0 Å². The molecule has 1 aliphatic rings. The first-order chi connectivity index (χ1) is 18.2. The first kappa shape index (κ1) is 24.7. The molecule has 0 spiro atoms. The molecule has 5 rings (SSSR count). The quantitative estimate of drug-likeness (QED) is 0.227. The van der Waals surface area contributed by atoms with Crippen LogP contribution in [0.5, 0.6) is 11.5 Å². The largest absolute Gasteiger partial charge is 0.493 e. The summed E-state index contributed by atoms with van der Waals surface area (Å²) in [6.07, 6.45) is 7.06. The lowest BCUT2D eigenvalue weighted by atomic mass is 9.96. The number of ether oxygens (including phenoxy) is 2. The predicted molar refractivity (Wildman–Crippen MR) is 144 cm³/mol. The second kappa shape index (κ2) is 11.4. The van der Waals surface area contributed by atoms with Gasteiger partial charge in [-0.1, -0.05) is 50.5 Å². The van der Waals surface area contributed by atoms with Gasteiger partial charge in [-0.25, -0.2) is 5.10 Å². The Morgan fingerprint density at radius 2 is 1.78 bits per heavy atom. The van der Waals surface area contributed by atoms with Gasteiger partial charge in [-0.05, 0) is 71.9 Å². The van der Waals surface area contributed by atoms with E-state index in [1.165, 1.54) is 31.2 Å². The van der Waals surface area contributed by atoms with Gasteiger partial charge in [0, 0.05) is 17.2 Å². The molecular formula is C29H33N5O3. The molecule has 2 N–H and O–H groups in total. The van der Waals surface area contributed by atoms with Gasteiger partial charge >= 0.3 is 0 Å². The molecule has 1 aliphatic carbocycles. The summed E-state index contributed by atoms with van der Waals surface area (Å²) in [5, 5.41) is 14.1. The van der Waals surface area contributed by atoms with E-state index in [4.69, 9.17) is 9.47 Å². The zero-order chi connectivity index (χ0) is 25.6. The predicted octanol–water partition coefficient (Wildman–Crippen LogP) is 6.12. The van der Waals surface area contributed by atoms with Crippen molar-refractivity contribution in [3.8, 4) is 45.3 Å². The average Bonchev–Trinajstić information content (AvgIpc) is 3.63. The third-order valence-electron chi connectivity index (χ3n) is 6.70. The summed E-state index contributed by atoms with van der Waals surface area (Å²) in [4.78, 5) is 16.4. The third kappa shape index (κ3) is 5.74. The molecule has 2 aromatic carbocycles. The van der Waals surface area contributed by atoms with Gasteiger partial charge in [-0.2, -0.15) is 0 Å². The Kier molecular flexibility index (Phi) is 7.63. The molecule has 0 aliphatic heterocycles. The van der Waals surface area contributed by atoms with Gasteiger partial charge in [0.05, 0.1) is 24.5 Å². The van der Waals surface area contributed by atoms with E-state index >= 15 is 0 Å². The molecule has 0 radical (unpaired) electrons. The molecule has 0 atom stereocenters. The monoisotopic (exact) mass is 499 g/mol. The van der Waals surface area contributed by atoms with Crippen LogP contribution in [0.2, 0.25) is 0 Å². The van der Waals surface area contributed by atoms with Gasteiger partial charge in [0.1, 0.15) is 11.5 Å². The van der Waals surface area contributed by atoms with E-state index in [0.29, 0.717) is 42.0 Å². The van der Waals surface area contributed by atoms with E-state index in [9.17, 15) is 4.79 Å². The lowest BCUT2D eigenvalue weighted by Crippen LogP contribution is -2.13. The summed E-state index contributed by atoms with van der Waals surface area (Å²) < 4.78 is 11.9. The van der Waals surface area contributed by atoms with E-state index in [1.807, 2.05) is 31.2 Å². The number of benzene rings is 2. The van der Waals surface area contributed by atoms with Gasteiger partial charge < -0.3 is 14.5 Å². The second-order valence-corrected chi connectivity index (χ2v) is 9.45. The Labute approximate surface area is 216 Å². The van der Waals surface area contributed by atoms with Crippen molar-refractivity contribution in [3.05, 3.63) is 64.4 Å². The number of nitrogens with zero attached hydrogens (tertiary/aromatic N) is 3. The van der Waals surface area contributed by atoms with Crippen molar-refractivity contribution >= 4 is 0 Å². The van der Waals surface area contributed by atoms with E-state index in [0.717, 1.165) is 35.3 Å². The van der Waals surface area contributed by atoms with Gasteiger partial charge in [0.25, 0.3) is 5.56 Å². The van der Waals surface area contributed by atoms with Crippen molar-refractivity contribution in [2.75, 3.05) is 13.2 Å². The minimum Gasteiger partial charge on any atom is -0.493 e. The topological polar surface area (TPSA) is 106 Å². The molecule has 8 heteroatoms. The number of hydrogen-bond donors (Lipinski definition) is 2. The van der Waals surface area contributed by atoms with E-state index in [1.54, 1.807) is 0 Å². The van der Waals surface area contributed by atoms with Crippen LogP contribution in [-0.4, -0.2) is 38.8 Å². The molecule has 192 valence electrons. The molecule has 0 bridgehead atoms. The second-order valence-electron chi connectivity index (χ2n) is 9.45. The fraction of sp³-hybridized carbons (Fsp3) is 0.379. The standard InChI is InChI=1S/C29H33N5O3/c1-3-5-6-7-16-37-22-14-15-23(26(17-22)36-4-2)25-18-24(21-12-10-20(11-13-21)19-8-9-19)27(29(35)30-25)28-31-33-34-32-28/h10-15,17-19H,3-9,16H2,1-2H3,(H,30,35)(H,31,32,33,34). The van der Waals surface area contributed by atoms with E-state index < -0.39 is 0 Å². The molecule has 1 fully saturated rings. The van der Waals surface area contributed by atoms with Crippen LogP contribution >= 0.6 is 0 Å². The van der Waals surface area contributed by atoms with Gasteiger partial charge in [0.2, 0.25) is 0 Å². The summed E-state index contributed by atoms with van der Waals surface area (Å²) in [6.45, 7) is 5.30. The Morgan fingerprint density at radius 3 is 2.49 bits per heavy atom. The number of aromatic nitrogens is 5. The smallest absolute Gasteiger partial charge is 0.260 e. The average molecular weight is 500 g/mol. The molecule has 2 heterocycles. The van der Waals surface area contributed by atoms with Crippen LogP contribution in [0.15, 0.2) is 53.3 Å². The zero-order valence-electron chi connectivity index (χ0n) is 21.4. The lowest BCUT2D eigenvalue weighted by Gasteiger charge is -2.15. The van der Waals surface area contributed by atoms with Crippen molar-refractivity contribution in [2.45, 2.75) is 58.3 Å². The van der Waals surface area contributed by atoms with Crippen molar-refractivity contribution < 1.29 is 9.47 Å². The Bertz CT molecular complexity index is 1380. The highest BCUT2D eigenvalue weighted by Gasteiger charge is 2.24. The number of H-pyrrole nitrogens is 2. The minimum atomic E-state index is -0.281. The van der Waals surface area contributed by atoms with Crippen molar-refractivity contribution in [2.24, 2.45) is 0 Å². The maximum atomic E-state index is 13.4. The molecular weight excluding hydrogens is 466 g/mol. The van der Waals surface area contributed by atoms with Crippen LogP contribution in [0.1, 0.15) is 63.9 Å². The fourth-order valence-electron chi connectivity index (χ4n) is 4.59. The number of rotatable bonds is 12. The van der Waals surface area contributed by atoms with Crippen LogP contribution in [0.25, 0.3) is 33.8 Å². The zero-order valence-corrected chi connectivity index (χ0v) is 21.4. The summed E-state index contributed by atoms with van der Waals surface area (Å²) in [6, 6.07) is 16.2. The highest BCUT2D eigenvalue weighted by molar-refractivity contribution is 5.84. The summed E-state index contributed by atoms with van der Waals surface area (Å²) in [5.41, 5.74) is 4.57. The number of nitrogens with one attached hydrogen (secondary N) is 2. The SMILES string of the molecule is CCCCCCOc1ccc(-c2cc(-c3ccc(C4CC4)cc3)c(-c3nnn[nH]3)c(=O)[nH]2)c(OCC)c1. The van der Waals surface area contributed by atoms with Gasteiger partial charge in [0.15, 0.2) is 5.82 Å². The van der Waals surface area contributed by atoms with Gasteiger partial charge in [-0.3, -0.25) is 4.79 Å². The molecule has 2 aromatic heterocycles. The molecule has 8 nitrogen and oxygen atoms in total. The number of unbranched alkanes of at least 4 members (excludes halogenated alkanes) is 3. The summed E-state index contributed by atoms with van der Waals surface area (Å²) in [5.74, 6) is 2.40. The van der Waals surface area contributed by atoms with Crippen molar-refractivity contribution in [1.82, 2.24) is 25.6 Å². The van der Waals surface area contributed by atoms with E-state index in [-0.39, 0.29) is 5.56 Å².